The summed E-state index contributed by atoms with van der Waals surface area (Å²) in [7, 11) is 0. The van der Waals surface area contributed by atoms with Crippen LogP contribution in [-0.4, -0.2) is 0 Å². The van der Waals surface area contributed by atoms with E-state index in [1.165, 1.54) is 44.9 Å². The number of rotatable bonds is 9. The second kappa shape index (κ2) is 7.14. The third kappa shape index (κ3) is 5.18. The van der Waals surface area contributed by atoms with Crippen LogP contribution in [0.5, 0.6) is 0 Å². The van der Waals surface area contributed by atoms with Crippen LogP contribution in [0.15, 0.2) is 12.7 Å². The Hall–Kier alpha value is -0.260. The van der Waals surface area contributed by atoms with E-state index >= 15 is 0 Å². The molecule has 0 heteroatoms. The van der Waals surface area contributed by atoms with Crippen LogP contribution in [0.2, 0.25) is 0 Å². The van der Waals surface area contributed by atoms with E-state index in [0.717, 1.165) is 0 Å². The maximum absolute atomic E-state index is 4.01. The average molecular weight is 224 g/mol. The Labute approximate surface area is 104 Å². The number of hydrogen-bond donors (Lipinski definition) is 0. The third-order valence-corrected chi connectivity index (χ3v) is 4.55. The molecule has 0 saturated heterocycles. The predicted molar refractivity (Wildman–Crippen MR) is 75.8 cm³/mol. The zero-order valence-electron chi connectivity index (χ0n) is 12.2. The Morgan fingerprint density at radius 1 is 0.938 bits per heavy atom. The van der Waals surface area contributed by atoms with Crippen LogP contribution in [0.25, 0.3) is 0 Å². The van der Waals surface area contributed by atoms with Gasteiger partial charge in [0.2, 0.25) is 0 Å². The molecule has 1 unspecified atom stereocenters. The van der Waals surface area contributed by atoms with Gasteiger partial charge in [0.25, 0.3) is 0 Å². The van der Waals surface area contributed by atoms with Crippen molar-refractivity contribution in [2.45, 2.75) is 79.6 Å². The van der Waals surface area contributed by atoms with Gasteiger partial charge >= 0.3 is 0 Å². The lowest BCUT2D eigenvalue weighted by Gasteiger charge is -2.30. The van der Waals surface area contributed by atoms with Crippen molar-refractivity contribution in [1.29, 1.82) is 0 Å². The molecule has 0 aliphatic heterocycles. The molecule has 0 aromatic carbocycles. The minimum absolute atomic E-state index is 0.372. The van der Waals surface area contributed by atoms with Gasteiger partial charge < -0.3 is 0 Å². The van der Waals surface area contributed by atoms with Crippen molar-refractivity contribution in [3.8, 4) is 0 Å². The standard InChI is InChI=1S/C16H32/c1-7-12-16(6,10-4)14-11-13-15(5,8-2)9-3/h10H,4,7-9,11-14H2,1-3,5-6H3. The van der Waals surface area contributed by atoms with Gasteiger partial charge in [-0.1, -0.05) is 66.4 Å². The Bertz CT molecular complexity index is 188. The minimum Gasteiger partial charge on any atom is -0.103 e. The predicted octanol–water partition coefficient (Wildman–Crippen LogP) is 5.98. The summed E-state index contributed by atoms with van der Waals surface area (Å²) < 4.78 is 0. The molecular formula is C16H32. The molecule has 0 rings (SSSR count). The second-order valence-electron chi connectivity index (χ2n) is 5.98. The number of allylic oxidation sites excluding steroid dienone is 1. The topological polar surface area (TPSA) is 0 Å². The molecule has 16 heavy (non-hydrogen) atoms. The molecular weight excluding hydrogens is 192 g/mol. The van der Waals surface area contributed by atoms with Gasteiger partial charge in [-0.05, 0) is 30.1 Å². The van der Waals surface area contributed by atoms with Gasteiger partial charge in [-0.15, -0.1) is 6.58 Å². The molecule has 0 aliphatic carbocycles. The van der Waals surface area contributed by atoms with E-state index in [2.05, 4.69) is 47.3 Å². The fourth-order valence-corrected chi connectivity index (χ4v) is 2.42. The van der Waals surface area contributed by atoms with Gasteiger partial charge in [0, 0.05) is 0 Å². The molecule has 0 N–H and O–H groups in total. The van der Waals surface area contributed by atoms with Gasteiger partial charge in [-0.25, -0.2) is 0 Å². The van der Waals surface area contributed by atoms with Gasteiger partial charge in [-0.3, -0.25) is 0 Å². The van der Waals surface area contributed by atoms with Crippen LogP contribution in [0, 0.1) is 10.8 Å². The monoisotopic (exact) mass is 224 g/mol. The van der Waals surface area contributed by atoms with E-state index in [0.29, 0.717) is 10.8 Å². The van der Waals surface area contributed by atoms with E-state index in [9.17, 15) is 0 Å². The van der Waals surface area contributed by atoms with Gasteiger partial charge in [0.1, 0.15) is 0 Å². The van der Waals surface area contributed by atoms with E-state index in [1.54, 1.807) is 0 Å². The Kier molecular flexibility index (Phi) is 7.03. The molecule has 1 atom stereocenters. The minimum atomic E-state index is 0.372. The molecule has 0 heterocycles. The van der Waals surface area contributed by atoms with Crippen LogP contribution in [0.1, 0.15) is 79.6 Å². The summed E-state index contributed by atoms with van der Waals surface area (Å²) >= 11 is 0. The SMILES string of the molecule is C=CC(C)(CCC)CCCC(C)(CC)CC. The molecule has 0 fully saturated rings. The molecule has 0 amide bonds. The van der Waals surface area contributed by atoms with Crippen molar-refractivity contribution >= 4 is 0 Å². The highest BCUT2D eigenvalue weighted by Crippen LogP contribution is 2.36. The highest BCUT2D eigenvalue weighted by molar-refractivity contribution is 4.91. The molecule has 96 valence electrons. The Morgan fingerprint density at radius 3 is 1.88 bits per heavy atom. The van der Waals surface area contributed by atoms with Gasteiger partial charge in [0.15, 0.2) is 0 Å². The Morgan fingerprint density at radius 2 is 1.50 bits per heavy atom. The Balaban J connectivity index is 4.08. The fourth-order valence-electron chi connectivity index (χ4n) is 2.42. The van der Waals surface area contributed by atoms with Gasteiger partial charge in [0.05, 0.1) is 0 Å². The first-order chi connectivity index (χ1) is 7.45. The lowest BCUT2D eigenvalue weighted by Crippen LogP contribution is -2.17. The van der Waals surface area contributed by atoms with Crippen LogP contribution in [0.3, 0.4) is 0 Å². The van der Waals surface area contributed by atoms with Crippen molar-refractivity contribution in [1.82, 2.24) is 0 Å². The summed E-state index contributed by atoms with van der Waals surface area (Å²) in [6.07, 6.45) is 11.4. The van der Waals surface area contributed by atoms with E-state index in [4.69, 9.17) is 0 Å². The summed E-state index contributed by atoms with van der Waals surface area (Å²) in [4.78, 5) is 0. The maximum atomic E-state index is 4.01. The average Bonchev–Trinajstić information content (AvgIpc) is 2.29. The van der Waals surface area contributed by atoms with Gasteiger partial charge in [-0.2, -0.15) is 0 Å². The van der Waals surface area contributed by atoms with Crippen LogP contribution in [0.4, 0.5) is 0 Å². The summed E-state index contributed by atoms with van der Waals surface area (Å²) in [6, 6.07) is 0. The van der Waals surface area contributed by atoms with E-state index in [1.807, 2.05) is 0 Å². The molecule has 0 spiro atoms. The largest absolute Gasteiger partial charge is 0.103 e. The summed E-state index contributed by atoms with van der Waals surface area (Å²) in [5.41, 5.74) is 0.936. The first-order valence-corrected chi connectivity index (χ1v) is 7.09. The molecule has 0 aromatic rings. The highest BCUT2D eigenvalue weighted by Gasteiger charge is 2.23. The third-order valence-electron chi connectivity index (χ3n) is 4.55. The lowest BCUT2D eigenvalue weighted by molar-refractivity contribution is 0.239. The molecule has 0 aromatic heterocycles. The van der Waals surface area contributed by atoms with Crippen molar-refractivity contribution in [2.75, 3.05) is 0 Å². The highest BCUT2D eigenvalue weighted by atomic mass is 14.3. The van der Waals surface area contributed by atoms with Crippen molar-refractivity contribution < 1.29 is 0 Å². The normalized spacial score (nSPS) is 15.8. The first kappa shape index (κ1) is 15.7. The quantitative estimate of drug-likeness (QED) is 0.423. The van der Waals surface area contributed by atoms with Crippen molar-refractivity contribution in [3.05, 3.63) is 12.7 Å². The van der Waals surface area contributed by atoms with E-state index in [-0.39, 0.29) is 0 Å². The zero-order chi connectivity index (χ0) is 12.7. The van der Waals surface area contributed by atoms with Crippen LogP contribution in [-0.2, 0) is 0 Å². The number of hydrogen-bond acceptors (Lipinski definition) is 0. The first-order valence-electron chi connectivity index (χ1n) is 7.09. The maximum Gasteiger partial charge on any atom is -0.0149 e. The molecule has 0 bridgehead atoms. The molecule has 0 saturated carbocycles. The van der Waals surface area contributed by atoms with E-state index < -0.39 is 0 Å². The summed E-state index contributed by atoms with van der Waals surface area (Å²) in [6.45, 7) is 15.7. The molecule has 0 nitrogen and oxygen atoms in total. The zero-order valence-corrected chi connectivity index (χ0v) is 12.2. The van der Waals surface area contributed by atoms with Crippen molar-refractivity contribution in [2.24, 2.45) is 10.8 Å². The molecule has 0 radical (unpaired) electrons. The lowest BCUT2D eigenvalue weighted by atomic mass is 9.75. The summed E-state index contributed by atoms with van der Waals surface area (Å²) in [5.74, 6) is 0. The second-order valence-corrected chi connectivity index (χ2v) is 5.98. The molecule has 0 aliphatic rings. The van der Waals surface area contributed by atoms with Crippen LogP contribution >= 0.6 is 0 Å². The smallest absolute Gasteiger partial charge is 0.0149 e. The van der Waals surface area contributed by atoms with Crippen molar-refractivity contribution in [3.63, 3.8) is 0 Å². The summed E-state index contributed by atoms with van der Waals surface area (Å²) in [5, 5.41) is 0. The van der Waals surface area contributed by atoms with Crippen LogP contribution < -0.4 is 0 Å². The fraction of sp³-hybridized carbons (Fsp3) is 0.875.